The lowest BCUT2D eigenvalue weighted by Gasteiger charge is -2.27. The van der Waals surface area contributed by atoms with Gasteiger partial charge in [-0.25, -0.2) is 0 Å². The van der Waals surface area contributed by atoms with Crippen LogP contribution >= 0.6 is 0 Å². The van der Waals surface area contributed by atoms with E-state index in [-0.39, 0.29) is 6.17 Å². The normalized spacial score (nSPS) is 21.1. The summed E-state index contributed by atoms with van der Waals surface area (Å²) in [5.41, 5.74) is 0. The topological polar surface area (TPSA) is 35.5 Å². The monoisotopic (exact) mass is 238 g/mol. The Morgan fingerprint density at radius 2 is 2.18 bits per heavy atom. The molecular weight excluding hydrogens is 212 g/mol. The molecule has 0 aliphatic carbocycles. The lowest BCUT2D eigenvalue weighted by Crippen LogP contribution is -2.40. The number of rotatable bonds is 8. The summed E-state index contributed by atoms with van der Waals surface area (Å²) in [6, 6.07) is 0. The van der Waals surface area contributed by atoms with Crippen molar-refractivity contribution in [3.63, 3.8) is 0 Å². The number of nitrogens with zero attached hydrogens (tertiary/aromatic N) is 1. The minimum absolute atomic E-state index is 0.210. The molecule has 1 aliphatic heterocycles. The van der Waals surface area contributed by atoms with Crippen LogP contribution in [0.2, 0.25) is 0 Å². The smallest absolute Gasteiger partial charge is 0.125 e. The number of allylic oxidation sites excluding steroid dienone is 1. The molecule has 17 heavy (non-hydrogen) atoms. The quantitative estimate of drug-likeness (QED) is 0.504. The molecule has 1 rings (SSSR count). The number of nitrogens with one attached hydrogen (secondary N) is 1. The van der Waals surface area contributed by atoms with E-state index in [1.54, 1.807) is 6.92 Å². The summed E-state index contributed by atoms with van der Waals surface area (Å²) >= 11 is 0. The summed E-state index contributed by atoms with van der Waals surface area (Å²) in [5, 5.41) is 12.8. The Balaban J connectivity index is 2.11. The molecule has 0 saturated heterocycles. The molecule has 3 heteroatoms. The Labute approximate surface area is 105 Å². The minimum atomic E-state index is -0.427. The van der Waals surface area contributed by atoms with Gasteiger partial charge in [-0.05, 0) is 19.8 Å². The summed E-state index contributed by atoms with van der Waals surface area (Å²) in [4.78, 5) is 1.93. The van der Waals surface area contributed by atoms with Gasteiger partial charge in [-0.1, -0.05) is 38.3 Å². The van der Waals surface area contributed by atoms with Crippen molar-refractivity contribution in [3.05, 3.63) is 24.6 Å². The van der Waals surface area contributed by atoms with Crippen molar-refractivity contribution < 1.29 is 5.11 Å². The number of aliphatic hydroxyl groups is 1. The molecule has 1 heterocycles. The Hall–Kier alpha value is -0.960. The van der Waals surface area contributed by atoms with Crippen molar-refractivity contribution in [2.24, 2.45) is 0 Å². The highest BCUT2D eigenvalue weighted by Gasteiger charge is 2.20. The van der Waals surface area contributed by atoms with Crippen LogP contribution in [0.4, 0.5) is 0 Å². The van der Waals surface area contributed by atoms with Gasteiger partial charge in [-0.2, -0.15) is 0 Å². The van der Waals surface area contributed by atoms with Gasteiger partial charge in [0.2, 0.25) is 0 Å². The van der Waals surface area contributed by atoms with Crippen LogP contribution in [0.5, 0.6) is 0 Å². The van der Waals surface area contributed by atoms with E-state index in [2.05, 4.69) is 24.4 Å². The number of hydrogen-bond donors (Lipinski definition) is 2. The van der Waals surface area contributed by atoms with E-state index >= 15 is 0 Å². The zero-order chi connectivity index (χ0) is 12.5. The van der Waals surface area contributed by atoms with E-state index in [9.17, 15) is 5.11 Å². The summed E-state index contributed by atoms with van der Waals surface area (Å²) < 4.78 is 0. The van der Waals surface area contributed by atoms with E-state index in [1.165, 1.54) is 32.1 Å². The van der Waals surface area contributed by atoms with Gasteiger partial charge in [0.1, 0.15) is 12.4 Å². The van der Waals surface area contributed by atoms with Gasteiger partial charge in [0.05, 0.1) is 0 Å². The maximum absolute atomic E-state index is 9.53. The lowest BCUT2D eigenvalue weighted by atomic mass is 10.1. The summed E-state index contributed by atoms with van der Waals surface area (Å²) in [7, 11) is 0. The molecule has 1 aliphatic rings. The van der Waals surface area contributed by atoms with E-state index in [1.807, 2.05) is 17.3 Å². The lowest BCUT2D eigenvalue weighted by molar-refractivity contribution is 0.0293. The molecule has 98 valence electrons. The van der Waals surface area contributed by atoms with Crippen LogP contribution in [0.15, 0.2) is 24.6 Å². The van der Waals surface area contributed by atoms with Crippen LogP contribution in [0.25, 0.3) is 0 Å². The van der Waals surface area contributed by atoms with E-state index in [0.717, 1.165) is 6.42 Å². The third-order valence-corrected chi connectivity index (χ3v) is 3.08. The maximum atomic E-state index is 9.53. The average Bonchev–Trinajstić information content (AvgIpc) is 2.76. The Morgan fingerprint density at radius 3 is 2.88 bits per heavy atom. The fraction of sp³-hybridized carbons (Fsp3) is 0.714. The van der Waals surface area contributed by atoms with E-state index in [4.69, 9.17) is 0 Å². The van der Waals surface area contributed by atoms with Crippen LogP contribution in [0.3, 0.4) is 0 Å². The van der Waals surface area contributed by atoms with Gasteiger partial charge >= 0.3 is 0 Å². The van der Waals surface area contributed by atoms with Crippen LogP contribution in [0, 0.1) is 0 Å². The molecule has 0 spiro atoms. The first-order valence-corrected chi connectivity index (χ1v) is 6.79. The molecule has 0 radical (unpaired) electrons. The minimum Gasteiger partial charge on any atom is -0.374 e. The Bertz CT molecular complexity index is 249. The van der Waals surface area contributed by atoms with Crippen molar-refractivity contribution in [1.82, 2.24) is 10.2 Å². The molecule has 0 amide bonds. The first-order valence-electron chi connectivity index (χ1n) is 6.79. The number of aliphatic hydroxyl groups excluding tert-OH is 1. The van der Waals surface area contributed by atoms with Gasteiger partial charge in [-0.3, -0.25) is 0 Å². The Kier molecular flexibility index (Phi) is 6.78. The second kappa shape index (κ2) is 8.18. The highest BCUT2D eigenvalue weighted by molar-refractivity contribution is 4.98. The third-order valence-electron chi connectivity index (χ3n) is 3.08. The van der Waals surface area contributed by atoms with Crippen molar-refractivity contribution in [3.8, 4) is 0 Å². The van der Waals surface area contributed by atoms with Gasteiger partial charge in [0.15, 0.2) is 0 Å². The average molecular weight is 238 g/mol. The first kappa shape index (κ1) is 14.1. The van der Waals surface area contributed by atoms with Gasteiger partial charge < -0.3 is 15.3 Å². The van der Waals surface area contributed by atoms with E-state index < -0.39 is 6.23 Å². The van der Waals surface area contributed by atoms with Crippen molar-refractivity contribution in [2.45, 2.75) is 64.8 Å². The molecule has 0 aromatic carbocycles. The molecule has 0 aromatic heterocycles. The van der Waals surface area contributed by atoms with Crippen LogP contribution in [-0.2, 0) is 0 Å². The van der Waals surface area contributed by atoms with Crippen molar-refractivity contribution in [2.75, 3.05) is 0 Å². The first-order chi connectivity index (χ1) is 8.25. The maximum Gasteiger partial charge on any atom is 0.125 e. The molecule has 0 bridgehead atoms. The summed E-state index contributed by atoms with van der Waals surface area (Å²) in [5.74, 6) is 0. The standard InChI is InChI=1S/C14H26N2O/c1-3-4-5-6-7-8-9-10-14-15-11-12-16(14)13(2)17/h8-9,11-15,17H,3-7,10H2,1-2H3/b9-8+. The van der Waals surface area contributed by atoms with Crippen LogP contribution in [0.1, 0.15) is 52.4 Å². The fourth-order valence-corrected chi connectivity index (χ4v) is 2.04. The van der Waals surface area contributed by atoms with Crippen LogP contribution < -0.4 is 5.32 Å². The van der Waals surface area contributed by atoms with Crippen molar-refractivity contribution >= 4 is 0 Å². The highest BCUT2D eigenvalue weighted by atomic mass is 16.3. The van der Waals surface area contributed by atoms with Gasteiger partial charge in [-0.15, -0.1) is 0 Å². The largest absolute Gasteiger partial charge is 0.374 e. The Morgan fingerprint density at radius 1 is 1.35 bits per heavy atom. The molecule has 3 nitrogen and oxygen atoms in total. The van der Waals surface area contributed by atoms with Crippen LogP contribution in [-0.4, -0.2) is 22.4 Å². The zero-order valence-electron chi connectivity index (χ0n) is 11.1. The molecule has 2 atom stereocenters. The molecule has 2 N–H and O–H groups in total. The number of hydrogen-bond acceptors (Lipinski definition) is 3. The SMILES string of the molecule is CCCCCC/C=C/CC1NC=CN1C(C)O. The molecule has 0 saturated carbocycles. The third kappa shape index (κ3) is 5.26. The predicted octanol–water partition coefficient (Wildman–Crippen LogP) is 2.94. The van der Waals surface area contributed by atoms with Gasteiger partial charge in [0, 0.05) is 18.8 Å². The van der Waals surface area contributed by atoms with E-state index in [0.29, 0.717) is 0 Å². The summed E-state index contributed by atoms with van der Waals surface area (Å²) in [6.07, 6.45) is 15.4. The fourth-order valence-electron chi connectivity index (χ4n) is 2.04. The highest BCUT2D eigenvalue weighted by Crippen LogP contribution is 2.12. The van der Waals surface area contributed by atoms with Gasteiger partial charge in [0.25, 0.3) is 0 Å². The second-order valence-corrected chi connectivity index (χ2v) is 4.63. The molecule has 2 unspecified atom stereocenters. The van der Waals surface area contributed by atoms with Crippen molar-refractivity contribution in [1.29, 1.82) is 0 Å². The molecule has 0 aromatic rings. The number of unbranched alkanes of at least 4 members (excludes halogenated alkanes) is 4. The molecule has 0 fully saturated rings. The zero-order valence-corrected chi connectivity index (χ0v) is 11.1. The summed E-state index contributed by atoms with van der Waals surface area (Å²) in [6.45, 7) is 4.03. The molecular formula is C14H26N2O. The predicted molar refractivity (Wildman–Crippen MR) is 72.1 cm³/mol. The second-order valence-electron chi connectivity index (χ2n) is 4.63.